The number of fused-ring (bicyclic) bond motifs is 3. The highest BCUT2D eigenvalue weighted by atomic mass is 35.5. The van der Waals surface area contributed by atoms with E-state index in [1.165, 1.54) is 0 Å². The van der Waals surface area contributed by atoms with E-state index in [1.54, 1.807) is 4.90 Å². The van der Waals surface area contributed by atoms with E-state index < -0.39 is 5.97 Å². The standard InChI is InChI=1S/C20H21ClN2O4/c21-15-3-4-16-14(10-15)12-27-18(17-2-1-7-23(16)17)11-19(24)22-8-5-13(6-9-22)20(25)26/h1-4,7,10,13,18H,5-6,8-9,11-12H2,(H,25,26)/t18-/m0/s1. The van der Waals surface area contributed by atoms with Gasteiger partial charge in [-0.1, -0.05) is 11.6 Å². The molecule has 0 saturated carbocycles. The van der Waals surface area contributed by atoms with Gasteiger partial charge in [0.25, 0.3) is 0 Å². The van der Waals surface area contributed by atoms with E-state index in [0.717, 1.165) is 16.9 Å². The molecule has 0 unspecified atom stereocenters. The van der Waals surface area contributed by atoms with Crippen LogP contribution in [0, 0.1) is 5.92 Å². The number of rotatable bonds is 3. The zero-order chi connectivity index (χ0) is 19.0. The van der Waals surface area contributed by atoms with Crippen molar-refractivity contribution in [2.24, 2.45) is 5.92 Å². The Kier molecular flexibility index (Phi) is 4.93. The van der Waals surface area contributed by atoms with Crippen LogP contribution in [0.15, 0.2) is 36.5 Å². The molecular formula is C20H21ClN2O4. The summed E-state index contributed by atoms with van der Waals surface area (Å²) in [7, 11) is 0. The van der Waals surface area contributed by atoms with Crippen LogP contribution in [0.2, 0.25) is 5.02 Å². The second-order valence-electron chi connectivity index (χ2n) is 7.07. The predicted molar refractivity (Wildman–Crippen MR) is 99.9 cm³/mol. The molecular weight excluding hydrogens is 368 g/mol. The summed E-state index contributed by atoms with van der Waals surface area (Å²) >= 11 is 6.12. The molecule has 142 valence electrons. The molecule has 0 spiro atoms. The third kappa shape index (κ3) is 3.59. The maximum Gasteiger partial charge on any atom is 0.306 e. The Balaban J connectivity index is 1.49. The van der Waals surface area contributed by atoms with E-state index in [2.05, 4.69) is 0 Å². The lowest BCUT2D eigenvalue weighted by Crippen LogP contribution is -2.40. The van der Waals surface area contributed by atoms with Crippen LogP contribution in [0.25, 0.3) is 5.69 Å². The van der Waals surface area contributed by atoms with Crippen molar-refractivity contribution in [3.05, 3.63) is 52.8 Å². The zero-order valence-corrected chi connectivity index (χ0v) is 15.6. The van der Waals surface area contributed by atoms with Crippen LogP contribution < -0.4 is 0 Å². The van der Waals surface area contributed by atoms with Crippen LogP contribution in [0.4, 0.5) is 0 Å². The van der Waals surface area contributed by atoms with Crippen molar-refractivity contribution in [3.8, 4) is 5.69 Å². The monoisotopic (exact) mass is 388 g/mol. The molecule has 1 amide bonds. The number of aliphatic carboxylic acids is 1. The fourth-order valence-corrected chi connectivity index (χ4v) is 4.08. The van der Waals surface area contributed by atoms with E-state index in [9.17, 15) is 9.59 Å². The van der Waals surface area contributed by atoms with Crippen LogP contribution in [0.3, 0.4) is 0 Å². The topological polar surface area (TPSA) is 71.8 Å². The van der Waals surface area contributed by atoms with Gasteiger partial charge in [-0.15, -0.1) is 0 Å². The summed E-state index contributed by atoms with van der Waals surface area (Å²) in [5, 5.41) is 9.77. The van der Waals surface area contributed by atoms with E-state index in [4.69, 9.17) is 21.4 Å². The SMILES string of the molecule is O=C(O)C1CCN(C(=O)C[C@@H]2OCc3cc(Cl)ccc3-n3cccc32)CC1. The van der Waals surface area contributed by atoms with Crippen molar-refractivity contribution < 1.29 is 19.4 Å². The highest BCUT2D eigenvalue weighted by Crippen LogP contribution is 2.33. The molecule has 0 bridgehead atoms. The molecule has 0 aliphatic carbocycles. The second-order valence-corrected chi connectivity index (χ2v) is 7.51. The van der Waals surface area contributed by atoms with E-state index in [1.807, 2.05) is 41.1 Å². The van der Waals surface area contributed by atoms with E-state index in [0.29, 0.717) is 37.6 Å². The van der Waals surface area contributed by atoms with Gasteiger partial charge in [-0.3, -0.25) is 9.59 Å². The first-order chi connectivity index (χ1) is 13.0. The molecule has 2 aliphatic heterocycles. The largest absolute Gasteiger partial charge is 0.481 e. The summed E-state index contributed by atoms with van der Waals surface area (Å²) in [6.45, 7) is 1.36. The molecule has 2 aromatic rings. The van der Waals surface area contributed by atoms with Gasteiger partial charge in [0.05, 0.1) is 30.3 Å². The van der Waals surface area contributed by atoms with Gasteiger partial charge in [0.1, 0.15) is 6.10 Å². The molecule has 4 rings (SSSR count). The van der Waals surface area contributed by atoms with E-state index in [-0.39, 0.29) is 24.3 Å². The Morgan fingerprint density at radius 1 is 1.22 bits per heavy atom. The number of ether oxygens (including phenoxy) is 1. The first kappa shape index (κ1) is 18.1. The number of benzene rings is 1. The molecule has 2 aliphatic rings. The average Bonchev–Trinajstić information content (AvgIpc) is 3.09. The number of carboxylic acids is 1. The van der Waals surface area contributed by atoms with Crippen molar-refractivity contribution >= 4 is 23.5 Å². The number of carbonyl (C=O) groups excluding carboxylic acids is 1. The summed E-state index contributed by atoms with van der Waals surface area (Å²) in [4.78, 5) is 25.6. The minimum absolute atomic E-state index is 0.000535. The van der Waals surface area contributed by atoms with Crippen molar-refractivity contribution in [1.82, 2.24) is 9.47 Å². The van der Waals surface area contributed by atoms with Gasteiger partial charge in [0.15, 0.2) is 0 Å². The molecule has 1 N–H and O–H groups in total. The number of amides is 1. The van der Waals surface area contributed by atoms with Gasteiger partial charge in [-0.05, 0) is 43.2 Å². The Bertz CT molecular complexity index is 871. The van der Waals surface area contributed by atoms with Crippen LogP contribution >= 0.6 is 11.6 Å². The minimum atomic E-state index is -0.775. The number of hydrogen-bond acceptors (Lipinski definition) is 3. The molecule has 1 aromatic heterocycles. The first-order valence-electron chi connectivity index (χ1n) is 9.11. The molecule has 7 heteroatoms. The summed E-state index contributed by atoms with van der Waals surface area (Å²) in [5.74, 6) is -1.12. The number of nitrogens with zero attached hydrogens (tertiary/aromatic N) is 2. The molecule has 27 heavy (non-hydrogen) atoms. The number of hydrogen-bond donors (Lipinski definition) is 1. The zero-order valence-electron chi connectivity index (χ0n) is 14.8. The Hall–Kier alpha value is -2.31. The fourth-order valence-electron chi connectivity index (χ4n) is 3.88. The van der Waals surface area contributed by atoms with Crippen LogP contribution in [0.5, 0.6) is 0 Å². The van der Waals surface area contributed by atoms with Crippen LogP contribution in [0.1, 0.15) is 36.6 Å². The number of aromatic nitrogens is 1. The normalized spacial score (nSPS) is 19.9. The molecule has 6 nitrogen and oxygen atoms in total. The number of carboxylic acid groups (broad SMARTS) is 1. The summed E-state index contributed by atoms with van der Waals surface area (Å²) in [6, 6.07) is 9.62. The highest BCUT2D eigenvalue weighted by molar-refractivity contribution is 6.30. The quantitative estimate of drug-likeness (QED) is 0.874. The van der Waals surface area contributed by atoms with Crippen molar-refractivity contribution in [1.29, 1.82) is 0 Å². The van der Waals surface area contributed by atoms with Gasteiger partial charge in [-0.2, -0.15) is 0 Å². The van der Waals surface area contributed by atoms with Crippen LogP contribution in [-0.2, 0) is 20.9 Å². The molecule has 1 fully saturated rings. The lowest BCUT2D eigenvalue weighted by molar-refractivity contribution is -0.146. The summed E-state index contributed by atoms with van der Waals surface area (Å²) in [6.07, 6.45) is 2.87. The smallest absolute Gasteiger partial charge is 0.306 e. The number of halogens is 1. The van der Waals surface area contributed by atoms with Crippen molar-refractivity contribution in [2.75, 3.05) is 13.1 Å². The lowest BCUT2D eigenvalue weighted by Gasteiger charge is -2.31. The van der Waals surface area contributed by atoms with Gasteiger partial charge in [-0.25, -0.2) is 0 Å². The molecule has 1 aromatic carbocycles. The number of likely N-dealkylation sites (tertiary alicyclic amines) is 1. The maximum atomic E-state index is 12.8. The highest BCUT2D eigenvalue weighted by Gasteiger charge is 2.30. The lowest BCUT2D eigenvalue weighted by atomic mass is 9.96. The first-order valence-corrected chi connectivity index (χ1v) is 9.49. The Morgan fingerprint density at radius 2 is 2.00 bits per heavy atom. The minimum Gasteiger partial charge on any atom is -0.481 e. The molecule has 3 heterocycles. The van der Waals surface area contributed by atoms with Crippen molar-refractivity contribution in [3.63, 3.8) is 0 Å². The van der Waals surface area contributed by atoms with Gasteiger partial charge >= 0.3 is 5.97 Å². The molecule has 0 radical (unpaired) electrons. The summed E-state index contributed by atoms with van der Waals surface area (Å²) < 4.78 is 8.12. The maximum absolute atomic E-state index is 12.8. The summed E-state index contributed by atoms with van der Waals surface area (Å²) in [5.41, 5.74) is 2.93. The average molecular weight is 389 g/mol. The third-order valence-corrected chi connectivity index (χ3v) is 5.64. The van der Waals surface area contributed by atoms with Crippen LogP contribution in [-0.4, -0.2) is 39.5 Å². The second kappa shape index (κ2) is 7.37. The van der Waals surface area contributed by atoms with Crippen molar-refractivity contribution in [2.45, 2.75) is 32.0 Å². The predicted octanol–water partition coefficient (Wildman–Crippen LogP) is 3.42. The Labute approximate surface area is 162 Å². The fraction of sp³-hybridized carbons (Fsp3) is 0.400. The number of carbonyl (C=O) groups is 2. The molecule has 1 saturated heterocycles. The van der Waals surface area contributed by atoms with E-state index >= 15 is 0 Å². The van der Waals surface area contributed by atoms with Gasteiger partial charge in [0.2, 0.25) is 5.91 Å². The molecule has 1 atom stereocenters. The van der Waals surface area contributed by atoms with Gasteiger partial charge < -0.3 is 19.3 Å². The third-order valence-electron chi connectivity index (χ3n) is 5.41. The Morgan fingerprint density at radius 3 is 2.74 bits per heavy atom. The number of piperidine rings is 1. The van der Waals surface area contributed by atoms with Gasteiger partial charge in [0, 0.05) is 29.9 Å².